The van der Waals surface area contributed by atoms with Gasteiger partial charge in [-0.1, -0.05) is 29.0 Å². The van der Waals surface area contributed by atoms with Crippen molar-refractivity contribution in [2.24, 2.45) is 0 Å². The minimum Gasteiger partial charge on any atom is -0.331 e. The highest BCUT2D eigenvalue weighted by Gasteiger charge is 2.16. The van der Waals surface area contributed by atoms with Gasteiger partial charge < -0.3 is 10.6 Å². The van der Waals surface area contributed by atoms with E-state index in [9.17, 15) is 9.18 Å². The molecule has 0 spiro atoms. The number of anilines is 3. The van der Waals surface area contributed by atoms with E-state index in [0.29, 0.717) is 21.4 Å². The van der Waals surface area contributed by atoms with Crippen LogP contribution >= 0.6 is 22.9 Å². The second-order valence-electron chi connectivity index (χ2n) is 6.02. The molecule has 0 aliphatic rings. The Morgan fingerprint density at radius 3 is 2.42 bits per heavy atom. The summed E-state index contributed by atoms with van der Waals surface area (Å²) in [6.45, 7) is 5.74. The minimum atomic E-state index is -0.485. The Balaban J connectivity index is 1.78. The van der Waals surface area contributed by atoms with E-state index in [1.807, 2.05) is 32.0 Å². The van der Waals surface area contributed by atoms with Crippen LogP contribution in [0, 0.1) is 26.6 Å². The summed E-state index contributed by atoms with van der Waals surface area (Å²) in [6, 6.07) is 10.2. The van der Waals surface area contributed by atoms with Gasteiger partial charge in [0.05, 0.1) is 10.7 Å². The first-order valence-electron chi connectivity index (χ1n) is 7.91. The Kier molecular flexibility index (Phi) is 5.25. The van der Waals surface area contributed by atoms with Crippen molar-refractivity contribution in [2.75, 3.05) is 10.6 Å². The SMILES string of the molecule is Cc1cc(C)cc(NC(=O)c2sc(Nc3ccc(F)c(Cl)c3)nc2C)c1. The van der Waals surface area contributed by atoms with Gasteiger partial charge in [-0.25, -0.2) is 9.37 Å². The number of carbonyl (C=O) groups is 1. The van der Waals surface area contributed by atoms with Crippen LogP contribution in [-0.4, -0.2) is 10.9 Å². The number of aryl methyl sites for hydroxylation is 3. The number of hydrogen-bond acceptors (Lipinski definition) is 4. The first kappa shape index (κ1) is 18.4. The van der Waals surface area contributed by atoms with Crippen molar-refractivity contribution >= 4 is 45.4 Å². The highest BCUT2D eigenvalue weighted by Crippen LogP contribution is 2.28. The van der Waals surface area contributed by atoms with E-state index in [2.05, 4.69) is 15.6 Å². The van der Waals surface area contributed by atoms with Crippen molar-refractivity contribution in [1.29, 1.82) is 0 Å². The molecule has 7 heteroatoms. The van der Waals surface area contributed by atoms with Gasteiger partial charge in [0.25, 0.3) is 5.91 Å². The molecule has 26 heavy (non-hydrogen) atoms. The van der Waals surface area contributed by atoms with Gasteiger partial charge in [0.2, 0.25) is 0 Å². The van der Waals surface area contributed by atoms with Gasteiger partial charge in [0, 0.05) is 11.4 Å². The largest absolute Gasteiger partial charge is 0.331 e. The Morgan fingerprint density at radius 2 is 1.77 bits per heavy atom. The maximum atomic E-state index is 13.2. The molecule has 0 saturated heterocycles. The average molecular weight is 390 g/mol. The highest BCUT2D eigenvalue weighted by atomic mass is 35.5. The van der Waals surface area contributed by atoms with Gasteiger partial charge in [0.15, 0.2) is 5.13 Å². The molecule has 0 saturated carbocycles. The lowest BCUT2D eigenvalue weighted by Gasteiger charge is -2.06. The third-order valence-corrected chi connectivity index (χ3v) is 5.01. The van der Waals surface area contributed by atoms with E-state index in [1.165, 1.54) is 23.5 Å². The van der Waals surface area contributed by atoms with Crippen molar-refractivity contribution in [3.63, 3.8) is 0 Å². The number of amides is 1. The van der Waals surface area contributed by atoms with Crippen LogP contribution in [0.2, 0.25) is 5.02 Å². The second kappa shape index (κ2) is 7.43. The lowest BCUT2D eigenvalue weighted by molar-refractivity contribution is 0.103. The zero-order valence-corrected chi connectivity index (χ0v) is 16.1. The predicted molar refractivity (Wildman–Crippen MR) is 105 cm³/mol. The molecule has 0 radical (unpaired) electrons. The normalized spacial score (nSPS) is 10.7. The maximum absolute atomic E-state index is 13.2. The molecule has 1 aromatic heterocycles. The molecule has 1 heterocycles. The number of nitrogens with one attached hydrogen (secondary N) is 2. The van der Waals surface area contributed by atoms with Gasteiger partial charge in [-0.05, 0) is 62.2 Å². The minimum absolute atomic E-state index is 0.0241. The van der Waals surface area contributed by atoms with E-state index in [4.69, 9.17) is 11.6 Å². The fourth-order valence-corrected chi connectivity index (χ4v) is 3.66. The zero-order valence-electron chi connectivity index (χ0n) is 14.5. The van der Waals surface area contributed by atoms with E-state index >= 15 is 0 Å². The topological polar surface area (TPSA) is 54.0 Å². The molecule has 3 aromatic rings. The van der Waals surface area contributed by atoms with Crippen molar-refractivity contribution in [3.05, 3.63) is 68.9 Å². The zero-order chi connectivity index (χ0) is 18.8. The third kappa shape index (κ3) is 4.20. The number of halogens is 2. The lowest BCUT2D eigenvalue weighted by Crippen LogP contribution is -2.11. The van der Waals surface area contributed by atoms with Gasteiger partial charge in [-0.15, -0.1) is 0 Å². The van der Waals surface area contributed by atoms with Crippen LogP contribution in [0.5, 0.6) is 0 Å². The molecule has 0 bridgehead atoms. The summed E-state index contributed by atoms with van der Waals surface area (Å²) in [4.78, 5) is 17.5. The van der Waals surface area contributed by atoms with Gasteiger partial charge in [0.1, 0.15) is 10.7 Å². The Labute approximate surface area is 160 Å². The van der Waals surface area contributed by atoms with Crippen molar-refractivity contribution < 1.29 is 9.18 Å². The molecule has 1 amide bonds. The molecule has 3 rings (SSSR count). The van der Waals surface area contributed by atoms with Crippen LogP contribution in [-0.2, 0) is 0 Å². The van der Waals surface area contributed by atoms with Gasteiger partial charge in [-0.2, -0.15) is 0 Å². The van der Waals surface area contributed by atoms with Crippen LogP contribution in [0.3, 0.4) is 0 Å². The number of thiazole rings is 1. The molecule has 134 valence electrons. The average Bonchev–Trinajstić information content (AvgIpc) is 2.90. The van der Waals surface area contributed by atoms with Gasteiger partial charge >= 0.3 is 0 Å². The van der Waals surface area contributed by atoms with E-state index in [-0.39, 0.29) is 10.9 Å². The summed E-state index contributed by atoms with van der Waals surface area (Å²) in [7, 11) is 0. The van der Waals surface area contributed by atoms with Crippen LogP contribution in [0.25, 0.3) is 0 Å². The smallest absolute Gasteiger partial charge is 0.267 e. The molecule has 2 aromatic carbocycles. The van der Waals surface area contributed by atoms with Crippen LogP contribution < -0.4 is 10.6 Å². The molecular weight excluding hydrogens is 373 g/mol. The van der Waals surface area contributed by atoms with Crippen molar-refractivity contribution in [2.45, 2.75) is 20.8 Å². The number of rotatable bonds is 4. The monoisotopic (exact) mass is 389 g/mol. The lowest BCUT2D eigenvalue weighted by atomic mass is 10.1. The summed E-state index contributed by atoms with van der Waals surface area (Å²) in [5.74, 6) is -0.698. The Bertz CT molecular complexity index is 967. The number of aromatic nitrogens is 1. The van der Waals surface area contributed by atoms with Crippen molar-refractivity contribution in [3.8, 4) is 0 Å². The van der Waals surface area contributed by atoms with E-state index in [0.717, 1.165) is 16.8 Å². The van der Waals surface area contributed by atoms with E-state index in [1.54, 1.807) is 13.0 Å². The molecule has 0 unspecified atom stereocenters. The summed E-state index contributed by atoms with van der Waals surface area (Å²) in [5.41, 5.74) is 4.13. The summed E-state index contributed by atoms with van der Waals surface area (Å²) in [6.07, 6.45) is 0. The molecule has 4 nitrogen and oxygen atoms in total. The number of benzene rings is 2. The molecule has 0 aliphatic carbocycles. The quantitative estimate of drug-likeness (QED) is 0.587. The predicted octanol–water partition coefficient (Wildman–Crippen LogP) is 5.86. The molecule has 0 atom stereocenters. The molecule has 0 aliphatic heterocycles. The molecule has 2 N–H and O–H groups in total. The standard InChI is InChI=1S/C19H17ClFN3OS/c1-10-6-11(2)8-14(7-10)23-18(25)17-12(3)22-19(26-17)24-13-4-5-16(21)15(20)9-13/h4-9H,1-3H3,(H,22,24)(H,23,25). The molecular formula is C19H17ClFN3OS. The summed E-state index contributed by atoms with van der Waals surface area (Å²) in [5, 5.41) is 6.52. The Morgan fingerprint density at radius 1 is 1.08 bits per heavy atom. The maximum Gasteiger partial charge on any atom is 0.267 e. The van der Waals surface area contributed by atoms with Crippen LogP contribution in [0.1, 0.15) is 26.5 Å². The first-order valence-corrected chi connectivity index (χ1v) is 9.10. The van der Waals surface area contributed by atoms with Crippen LogP contribution in [0.15, 0.2) is 36.4 Å². The second-order valence-corrected chi connectivity index (χ2v) is 7.42. The number of carbonyl (C=O) groups excluding carboxylic acids is 1. The highest BCUT2D eigenvalue weighted by molar-refractivity contribution is 7.17. The third-order valence-electron chi connectivity index (χ3n) is 3.65. The summed E-state index contributed by atoms with van der Waals surface area (Å²) >= 11 is 7.02. The van der Waals surface area contributed by atoms with Crippen LogP contribution in [0.4, 0.5) is 20.9 Å². The first-order chi connectivity index (χ1) is 12.3. The molecule has 0 fully saturated rings. The van der Waals surface area contributed by atoms with E-state index < -0.39 is 5.82 Å². The summed E-state index contributed by atoms with van der Waals surface area (Å²) < 4.78 is 13.2. The number of nitrogens with zero attached hydrogens (tertiary/aromatic N) is 1. The fourth-order valence-electron chi connectivity index (χ4n) is 2.59. The fraction of sp³-hybridized carbons (Fsp3) is 0.158. The van der Waals surface area contributed by atoms with Gasteiger partial charge in [-0.3, -0.25) is 4.79 Å². The van der Waals surface area contributed by atoms with Crippen molar-refractivity contribution in [1.82, 2.24) is 4.98 Å². The number of hydrogen-bond donors (Lipinski definition) is 2. The Hall–Kier alpha value is -2.44.